The van der Waals surface area contributed by atoms with Gasteiger partial charge in [0.05, 0.1) is 15.2 Å². The third-order valence-electron chi connectivity index (χ3n) is 5.00. The van der Waals surface area contributed by atoms with E-state index in [1.165, 1.54) is 0 Å². The predicted octanol–water partition coefficient (Wildman–Crippen LogP) is 5.23. The van der Waals surface area contributed by atoms with Crippen molar-refractivity contribution in [3.05, 3.63) is 52.0 Å². The maximum atomic E-state index is 12.6. The van der Waals surface area contributed by atoms with Gasteiger partial charge in [-0.15, -0.1) is 0 Å². The third kappa shape index (κ3) is 3.80. The molecule has 2 aromatic carbocycles. The molecule has 3 aromatic rings. The summed E-state index contributed by atoms with van der Waals surface area (Å²) in [6.07, 6.45) is 0. The largest absolute Gasteiger partial charge is 0.345 e. The number of rotatable bonds is 2. The van der Waals surface area contributed by atoms with Crippen LogP contribution in [0.1, 0.15) is 16.7 Å². The number of anilines is 2. The second-order valence-corrected chi connectivity index (χ2v) is 8.70. The molecule has 7 heteroatoms. The van der Waals surface area contributed by atoms with Crippen LogP contribution < -0.4 is 10.2 Å². The number of piperazine rings is 1. The van der Waals surface area contributed by atoms with Crippen molar-refractivity contribution in [2.45, 2.75) is 20.8 Å². The van der Waals surface area contributed by atoms with Crippen LogP contribution in [0.5, 0.6) is 0 Å². The van der Waals surface area contributed by atoms with E-state index < -0.39 is 0 Å². The van der Waals surface area contributed by atoms with Gasteiger partial charge in [0.2, 0.25) is 0 Å². The molecule has 0 radical (unpaired) electrons. The molecule has 5 nitrogen and oxygen atoms in total. The molecule has 0 atom stereocenters. The Morgan fingerprint density at radius 1 is 1.07 bits per heavy atom. The molecule has 4 rings (SSSR count). The summed E-state index contributed by atoms with van der Waals surface area (Å²) in [6, 6.07) is 9.97. The lowest BCUT2D eigenvalue weighted by molar-refractivity contribution is 0.208. The lowest BCUT2D eigenvalue weighted by Crippen LogP contribution is -2.50. The van der Waals surface area contributed by atoms with Crippen LogP contribution in [0.25, 0.3) is 10.2 Å². The molecule has 146 valence electrons. The fourth-order valence-electron chi connectivity index (χ4n) is 3.58. The fraction of sp³-hybridized carbons (Fsp3) is 0.333. The van der Waals surface area contributed by atoms with E-state index in [1.54, 1.807) is 11.3 Å². The molecule has 1 aliphatic rings. The Morgan fingerprint density at radius 2 is 1.75 bits per heavy atom. The summed E-state index contributed by atoms with van der Waals surface area (Å²) in [7, 11) is 0. The first-order valence-electron chi connectivity index (χ1n) is 9.35. The van der Waals surface area contributed by atoms with Crippen LogP contribution in [0.4, 0.5) is 15.6 Å². The highest BCUT2D eigenvalue weighted by atomic mass is 35.5. The number of thiazole rings is 1. The van der Waals surface area contributed by atoms with Gasteiger partial charge < -0.3 is 15.1 Å². The zero-order valence-electron chi connectivity index (χ0n) is 16.3. The number of hydrogen-bond acceptors (Lipinski definition) is 4. The van der Waals surface area contributed by atoms with Gasteiger partial charge in [0.1, 0.15) is 0 Å². The van der Waals surface area contributed by atoms with E-state index in [0.717, 1.165) is 55.8 Å². The molecule has 2 amide bonds. The maximum absolute atomic E-state index is 12.6. The van der Waals surface area contributed by atoms with Gasteiger partial charge in [-0.25, -0.2) is 9.78 Å². The first-order valence-corrected chi connectivity index (χ1v) is 10.5. The summed E-state index contributed by atoms with van der Waals surface area (Å²) in [4.78, 5) is 21.5. The summed E-state index contributed by atoms with van der Waals surface area (Å²) >= 11 is 7.96. The SMILES string of the molecule is Cc1cc(C)cc(NC(=O)N2CCN(c3nc4c(C)ccc(Cl)c4s3)CC2)c1. The zero-order chi connectivity index (χ0) is 19.8. The third-order valence-corrected chi connectivity index (χ3v) is 6.57. The van der Waals surface area contributed by atoms with E-state index in [0.29, 0.717) is 13.1 Å². The number of amides is 2. The van der Waals surface area contributed by atoms with Crippen molar-refractivity contribution in [1.82, 2.24) is 9.88 Å². The van der Waals surface area contributed by atoms with Crippen molar-refractivity contribution >= 4 is 50.0 Å². The summed E-state index contributed by atoms with van der Waals surface area (Å²) in [5.41, 5.74) is 5.24. The molecular formula is C21H23ClN4OS. The first-order chi connectivity index (χ1) is 13.4. The maximum Gasteiger partial charge on any atom is 0.321 e. The molecule has 1 fully saturated rings. The van der Waals surface area contributed by atoms with Gasteiger partial charge in [0.15, 0.2) is 5.13 Å². The molecule has 1 saturated heterocycles. The predicted molar refractivity (Wildman–Crippen MR) is 118 cm³/mol. The van der Waals surface area contributed by atoms with E-state index in [1.807, 2.05) is 43.0 Å². The van der Waals surface area contributed by atoms with Crippen LogP contribution in [-0.4, -0.2) is 42.1 Å². The quantitative estimate of drug-likeness (QED) is 0.624. The van der Waals surface area contributed by atoms with Gasteiger partial charge in [-0.3, -0.25) is 0 Å². The number of nitrogens with one attached hydrogen (secondary N) is 1. The first kappa shape index (κ1) is 19.0. The average molecular weight is 415 g/mol. The summed E-state index contributed by atoms with van der Waals surface area (Å²) in [5, 5.41) is 4.74. The van der Waals surface area contributed by atoms with Crippen LogP contribution in [0.3, 0.4) is 0 Å². The molecule has 0 unspecified atom stereocenters. The molecule has 0 spiro atoms. The molecule has 2 heterocycles. The summed E-state index contributed by atoms with van der Waals surface area (Å²) in [5.74, 6) is 0. The highest BCUT2D eigenvalue weighted by Crippen LogP contribution is 2.35. The van der Waals surface area contributed by atoms with Crippen molar-refractivity contribution in [3.8, 4) is 0 Å². The molecule has 1 aliphatic heterocycles. The summed E-state index contributed by atoms with van der Waals surface area (Å²) in [6.45, 7) is 8.98. The van der Waals surface area contributed by atoms with E-state index in [4.69, 9.17) is 16.6 Å². The minimum Gasteiger partial charge on any atom is -0.345 e. The van der Waals surface area contributed by atoms with Crippen LogP contribution in [0, 0.1) is 20.8 Å². The van der Waals surface area contributed by atoms with Crippen molar-refractivity contribution in [3.63, 3.8) is 0 Å². The van der Waals surface area contributed by atoms with Crippen molar-refractivity contribution in [2.24, 2.45) is 0 Å². The Morgan fingerprint density at radius 3 is 2.39 bits per heavy atom. The molecule has 1 N–H and O–H groups in total. The number of fused-ring (bicyclic) bond motifs is 1. The number of nitrogens with zero attached hydrogens (tertiary/aromatic N) is 3. The Kier molecular flexibility index (Phi) is 5.17. The standard InChI is InChI=1S/C21H23ClN4OS/c1-13-10-14(2)12-16(11-13)23-20(27)25-6-8-26(9-7-25)21-24-18-15(3)4-5-17(22)19(18)28-21/h4-5,10-12H,6-9H2,1-3H3,(H,23,27). The van der Waals surface area contributed by atoms with E-state index >= 15 is 0 Å². The Bertz CT molecular complexity index is 981. The highest BCUT2D eigenvalue weighted by molar-refractivity contribution is 7.22. The normalized spacial score (nSPS) is 14.6. The number of carbonyl (C=O) groups is 1. The van der Waals surface area contributed by atoms with Gasteiger partial charge in [-0.2, -0.15) is 0 Å². The number of aryl methyl sites for hydroxylation is 3. The summed E-state index contributed by atoms with van der Waals surface area (Å²) < 4.78 is 1.03. The Labute approximate surface area is 173 Å². The molecule has 0 bridgehead atoms. The topological polar surface area (TPSA) is 48.5 Å². The van der Waals surface area contributed by atoms with Crippen LogP contribution in [-0.2, 0) is 0 Å². The molecule has 0 saturated carbocycles. The number of hydrogen-bond donors (Lipinski definition) is 1. The molecule has 28 heavy (non-hydrogen) atoms. The van der Waals surface area contributed by atoms with Crippen molar-refractivity contribution in [2.75, 3.05) is 36.4 Å². The monoisotopic (exact) mass is 414 g/mol. The minimum absolute atomic E-state index is 0.0483. The molecular weight excluding hydrogens is 392 g/mol. The van der Waals surface area contributed by atoms with Crippen LogP contribution in [0.2, 0.25) is 5.02 Å². The van der Waals surface area contributed by atoms with Gasteiger partial charge in [-0.1, -0.05) is 35.1 Å². The number of benzene rings is 2. The highest BCUT2D eigenvalue weighted by Gasteiger charge is 2.24. The zero-order valence-corrected chi connectivity index (χ0v) is 17.8. The molecule has 1 aromatic heterocycles. The fourth-order valence-corrected chi connectivity index (χ4v) is 4.94. The number of halogens is 1. The number of urea groups is 1. The van der Waals surface area contributed by atoms with E-state index in [-0.39, 0.29) is 6.03 Å². The number of aromatic nitrogens is 1. The van der Waals surface area contributed by atoms with E-state index in [9.17, 15) is 4.79 Å². The van der Waals surface area contributed by atoms with Crippen LogP contribution in [0.15, 0.2) is 30.3 Å². The Hall–Kier alpha value is -2.31. The lowest BCUT2D eigenvalue weighted by Gasteiger charge is -2.34. The van der Waals surface area contributed by atoms with Gasteiger partial charge in [-0.05, 0) is 55.7 Å². The van der Waals surface area contributed by atoms with E-state index in [2.05, 4.69) is 23.2 Å². The lowest BCUT2D eigenvalue weighted by atomic mass is 10.1. The van der Waals surface area contributed by atoms with Gasteiger partial charge >= 0.3 is 6.03 Å². The minimum atomic E-state index is -0.0483. The second-order valence-electron chi connectivity index (χ2n) is 7.32. The van der Waals surface area contributed by atoms with Crippen molar-refractivity contribution in [1.29, 1.82) is 0 Å². The second kappa shape index (κ2) is 7.60. The Balaban J connectivity index is 1.42. The van der Waals surface area contributed by atoms with Crippen molar-refractivity contribution < 1.29 is 4.79 Å². The van der Waals surface area contributed by atoms with Gasteiger partial charge in [0.25, 0.3) is 0 Å². The molecule has 0 aliphatic carbocycles. The smallest absolute Gasteiger partial charge is 0.321 e. The van der Waals surface area contributed by atoms with Crippen LogP contribution >= 0.6 is 22.9 Å². The van der Waals surface area contributed by atoms with Gasteiger partial charge in [0, 0.05) is 31.9 Å². The number of carbonyl (C=O) groups excluding carboxylic acids is 1. The average Bonchev–Trinajstić information content (AvgIpc) is 3.11.